The maximum Gasteiger partial charge on any atom is 0.238 e. The van der Waals surface area contributed by atoms with Gasteiger partial charge in [-0.25, -0.2) is 0 Å². The summed E-state index contributed by atoms with van der Waals surface area (Å²) in [5.41, 5.74) is 1.74. The first-order valence-corrected chi connectivity index (χ1v) is 9.94. The minimum Gasteiger partial charge on any atom is -0.348 e. The Bertz CT molecular complexity index is 829. The Labute approximate surface area is 168 Å². The Morgan fingerprint density at radius 1 is 1.26 bits per heavy atom. The fourth-order valence-electron chi connectivity index (χ4n) is 2.96. The van der Waals surface area contributed by atoms with E-state index >= 15 is 0 Å². The predicted molar refractivity (Wildman–Crippen MR) is 110 cm³/mol. The molecule has 0 unspecified atom stereocenters. The molecule has 1 heterocycles. The van der Waals surface area contributed by atoms with Crippen molar-refractivity contribution in [3.05, 3.63) is 59.1 Å². The summed E-state index contributed by atoms with van der Waals surface area (Å²) in [6.45, 7) is 0.682. The molecule has 0 bridgehead atoms. The molecule has 7 heteroatoms. The molecule has 1 aliphatic heterocycles. The monoisotopic (exact) mass is 403 g/mol. The van der Waals surface area contributed by atoms with E-state index in [2.05, 4.69) is 10.6 Å². The Morgan fingerprint density at radius 2 is 2.00 bits per heavy atom. The molecule has 2 N–H and O–H groups in total. The van der Waals surface area contributed by atoms with Crippen LogP contribution < -0.4 is 10.6 Å². The van der Waals surface area contributed by atoms with Gasteiger partial charge in [-0.05, 0) is 37.9 Å². The van der Waals surface area contributed by atoms with Crippen molar-refractivity contribution in [1.82, 2.24) is 10.2 Å². The number of carbonyl (C=O) groups excluding carboxylic acids is 2. The molecule has 2 aromatic carbocycles. The summed E-state index contributed by atoms with van der Waals surface area (Å²) >= 11 is 7.37. The van der Waals surface area contributed by atoms with Crippen LogP contribution >= 0.6 is 23.4 Å². The molecule has 0 spiro atoms. The van der Waals surface area contributed by atoms with Crippen molar-refractivity contribution >= 4 is 40.9 Å². The van der Waals surface area contributed by atoms with Crippen LogP contribution in [0.15, 0.2) is 53.4 Å². The minimum atomic E-state index is -0.463. The van der Waals surface area contributed by atoms with Gasteiger partial charge in [0.05, 0.1) is 17.0 Å². The molecule has 1 aliphatic rings. The molecule has 3 rings (SSSR count). The van der Waals surface area contributed by atoms with E-state index in [4.69, 9.17) is 11.6 Å². The van der Waals surface area contributed by atoms with Crippen LogP contribution in [0.2, 0.25) is 5.02 Å². The average Bonchev–Trinajstić information content (AvgIpc) is 2.62. The van der Waals surface area contributed by atoms with Gasteiger partial charge in [0.25, 0.3) is 0 Å². The van der Waals surface area contributed by atoms with Gasteiger partial charge in [0.15, 0.2) is 0 Å². The zero-order chi connectivity index (χ0) is 19.4. The number of fused-ring (bicyclic) bond motifs is 1. The van der Waals surface area contributed by atoms with Crippen molar-refractivity contribution in [2.45, 2.75) is 22.6 Å². The summed E-state index contributed by atoms with van der Waals surface area (Å²) < 4.78 is 0. The number of thioether (sulfide) groups is 1. The number of halogens is 1. The normalized spacial score (nSPS) is 17.2. The SMILES string of the molecule is CN(C)C[C@@H](NC(=O)C[C@H]1Sc2ccc(Cl)cc2NC1=O)c1ccccc1. The van der Waals surface area contributed by atoms with Crippen LogP contribution in [-0.4, -0.2) is 42.6 Å². The molecule has 0 radical (unpaired) electrons. The van der Waals surface area contributed by atoms with Crippen molar-refractivity contribution in [1.29, 1.82) is 0 Å². The van der Waals surface area contributed by atoms with Crippen LogP contribution in [0.3, 0.4) is 0 Å². The van der Waals surface area contributed by atoms with E-state index in [9.17, 15) is 9.59 Å². The molecule has 0 aliphatic carbocycles. The highest BCUT2D eigenvalue weighted by Crippen LogP contribution is 2.38. The first kappa shape index (κ1) is 19.7. The lowest BCUT2D eigenvalue weighted by Crippen LogP contribution is -2.39. The molecular formula is C20H22ClN3O2S. The highest BCUT2D eigenvalue weighted by molar-refractivity contribution is 8.01. The van der Waals surface area contributed by atoms with Gasteiger partial charge in [-0.15, -0.1) is 11.8 Å². The molecule has 0 saturated heterocycles. The fourth-order valence-corrected chi connectivity index (χ4v) is 4.23. The number of hydrogen-bond acceptors (Lipinski definition) is 4. The molecule has 27 heavy (non-hydrogen) atoms. The number of nitrogens with one attached hydrogen (secondary N) is 2. The van der Waals surface area contributed by atoms with Crippen LogP contribution in [0.4, 0.5) is 5.69 Å². The summed E-state index contributed by atoms with van der Waals surface area (Å²) in [6.07, 6.45) is 0.120. The van der Waals surface area contributed by atoms with Crippen LogP contribution in [-0.2, 0) is 9.59 Å². The highest BCUT2D eigenvalue weighted by atomic mass is 35.5. The molecular weight excluding hydrogens is 382 g/mol. The van der Waals surface area contributed by atoms with Crippen molar-refractivity contribution in [3.8, 4) is 0 Å². The first-order valence-electron chi connectivity index (χ1n) is 8.68. The third-order valence-electron chi connectivity index (χ3n) is 4.22. The largest absolute Gasteiger partial charge is 0.348 e. The molecule has 0 aromatic heterocycles. The van der Waals surface area contributed by atoms with E-state index in [1.54, 1.807) is 12.1 Å². The van der Waals surface area contributed by atoms with Crippen molar-refractivity contribution in [3.63, 3.8) is 0 Å². The summed E-state index contributed by atoms with van der Waals surface area (Å²) in [4.78, 5) is 28.0. The second-order valence-electron chi connectivity index (χ2n) is 6.73. The van der Waals surface area contributed by atoms with Gasteiger partial charge < -0.3 is 15.5 Å². The Kier molecular flexibility index (Phi) is 6.42. The van der Waals surface area contributed by atoms with Gasteiger partial charge in [0, 0.05) is 22.9 Å². The van der Waals surface area contributed by atoms with Crippen LogP contribution in [0, 0.1) is 0 Å². The zero-order valence-corrected chi connectivity index (χ0v) is 16.8. The van der Waals surface area contributed by atoms with E-state index < -0.39 is 5.25 Å². The smallest absolute Gasteiger partial charge is 0.238 e. The predicted octanol–water partition coefficient (Wildman–Crippen LogP) is 3.56. The second-order valence-corrected chi connectivity index (χ2v) is 8.41. The van der Waals surface area contributed by atoms with E-state index in [0.717, 1.165) is 10.5 Å². The van der Waals surface area contributed by atoms with Crippen molar-refractivity contribution in [2.75, 3.05) is 26.0 Å². The molecule has 2 amide bonds. The third kappa shape index (κ3) is 5.25. The maximum absolute atomic E-state index is 12.6. The third-order valence-corrected chi connectivity index (χ3v) is 5.73. The Hall–Kier alpha value is -2.02. The lowest BCUT2D eigenvalue weighted by atomic mass is 10.1. The molecule has 0 saturated carbocycles. The van der Waals surface area contributed by atoms with Gasteiger partial charge in [-0.3, -0.25) is 9.59 Å². The summed E-state index contributed by atoms with van der Waals surface area (Å²) in [6, 6.07) is 15.1. The zero-order valence-electron chi connectivity index (χ0n) is 15.2. The number of hydrogen-bond donors (Lipinski definition) is 2. The lowest BCUT2D eigenvalue weighted by molar-refractivity contribution is -0.124. The minimum absolute atomic E-state index is 0.120. The summed E-state index contributed by atoms with van der Waals surface area (Å²) in [5, 5.41) is 6.02. The van der Waals surface area contributed by atoms with Gasteiger partial charge in [0.1, 0.15) is 0 Å². The lowest BCUT2D eigenvalue weighted by Gasteiger charge is -2.26. The first-order chi connectivity index (χ1) is 12.9. The molecule has 5 nitrogen and oxygen atoms in total. The number of likely N-dealkylation sites (N-methyl/N-ethyl adjacent to an activating group) is 1. The van der Waals surface area contributed by atoms with E-state index in [1.165, 1.54) is 11.8 Å². The molecule has 2 atom stereocenters. The number of benzene rings is 2. The topological polar surface area (TPSA) is 61.4 Å². The molecule has 0 fully saturated rings. The Balaban J connectivity index is 1.67. The van der Waals surface area contributed by atoms with Crippen LogP contribution in [0.5, 0.6) is 0 Å². The summed E-state index contributed by atoms with van der Waals surface area (Å²) in [7, 11) is 3.93. The standard InChI is InChI=1S/C20H22ClN3O2S/c1-24(2)12-16(13-6-4-3-5-7-13)22-19(25)11-18-20(26)23-15-10-14(21)8-9-17(15)27-18/h3-10,16,18H,11-12H2,1-2H3,(H,22,25)(H,23,26)/t16-,18-/m1/s1. The van der Waals surface area contributed by atoms with E-state index in [1.807, 2.05) is 55.4 Å². The quantitative estimate of drug-likeness (QED) is 0.774. The average molecular weight is 404 g/mol. The number of carbonyl (C=O) groups is 2. The second kappa shape index (κ2) is 8.78. The summed E-state index contributed by atoms with van der Waals surface area (Å²) in [5.74, 6) is -0.315. The number of nitrogens with zero attached hydrogens (tertiary/aromatic N) is 1. The number of rotatable bonds is 6. The van der Waals surface area contributed by atoms with Gasteiger partial charge in [-0.2, -0.15) is 0 Å². The van der Waals surface area contributed by atoms with Crippen molar-refractivity contribution < 1.29 is 9.59 Å². The molecule has 142 valence electrons. The van der Waals surface area contributed by atoms with Gasteiger partial charge >= 0.3 is 0 Å². The number of anilines is 1. The van der Waals surface area contributed by atoms with E-state index in [0.29, 0.717) is 17.3 Å². The molecule has 2 aromatic rings. The van der Waals surface area contributed by atoms with Crippen LogP contribution in [0.1, 0.15) is 18.0 Å². The highest BCUT2D eigenvalue weighted by Gasteiger charge is 2.30. The van der Waals surface area contributed by atoms with E-state index in [-0.39, 0.29) is 24.3 Å². The Morgan fingerprint density at radius 3 is 2.70 bits per heavy atom. The van der Waals surface area contributed by atoms with Gasteiger partial charge in [-0.1, -0.05) is 41.9 Å². The maximum atomic E-state index is 12.6. The van der Waals surface area contributed by atoms with Gasteiger partial charge in [0.2, 0.25) is 11.8 Å². The van der Waals surface area contributed by atoms with Crippen molar-refractivity contribution in [2.24, 2.45) is 0 Å². The fraction of sp³-hybridized carbons (Fsp3) is 0.300. The number of amides is 2. The van der Waals surface area contributed by atoms with Crippen LogP contribution in [0.25, 0.3) is 0 Å².